The number of para-hydroxylation sites is 1. The fraction of sp³-hybridized carbons (Fsp3) is 0.200. The number of rotatable bonds is 3. The van der Waals surface area contributed by atoms with Crippen molar-refractivity contribution in [2.45, 2.75) is 18.6 Å². The van der Waals surface area contributed by atoms with Crippen molar-refractivity contribution in [3.63, 3.8) is 0 Å². The molecule has 4 rings (SSSR count). The molecule has 3 aromatic rings. The number of anilines is 2. The average Bonchev–Trinajstić information content (AvgIpc) is 2.98. The van der Waals surface area contributed by atoms with Crippen molar-refractivity contribution < 1.29 is 27.6 Å². The topological polar surface area (TPSA) is 105 Å². The van der Waals surface area contributed by atoms with Gasteiger partial charge < -0.3 is 20.5 Å². The highest BCUT2D eigenvalue weighted by Crippen LogP contribution is 2.31. The average molecular weight is 431 g/mol. The first kappa shape index (κ1) is 20.4. The Labute approximate surface area is 173 Å². The number of aryl methyl sites for hydroxylation is 1. The first-order chi connectivity index (χ1) is 14.6. The van der Waals surface area contributed by atoms with E-state index in [0.717, 1.165) is 4.57 Å². The third kappa shape index (κ3) is 3.93. The second-order valence-electron chi connectivity index (χ2n) is 7.01. The van der Waals surface area contributed by atoms with Gasteiger partial charge in [0.2, 0.25) is 17.6 Å². The van der Waals surface area contributed by atoms with Crippen LogP contribution in [0.1, 0.15) is 22.6 Å². The number of aromatic nitrogens is 2. The Morgan fingerprint density at radius 3 is 2.68 bits per heavy atom. The monoisotopic (exact) mass is 431 g/mol. The van der Waals surface area contributed by atoms with Crippen LogP contribution in [-0.4, -0.2) is 33.3 Å². The molecular weight excluding hydrogens is 415 g/mol. The van der Waals surface area contributed by atoms with Crippen molar-refractivity contribution in [3.8, 4) is 0 Å². The van der Waals surface area contributed by atoms with Crippen molar-refractivity contribution in [3.05, 3.63) is 53.9 Å². The van der Waals surface area contributed by atoms with Crippen LogP contribution in [0.3, 0.4) is 0 Å². The van der Waals surface area contributed by atoms with Gasteiger partial charge in [-0.3, -0.25) is 14.4 Å². The van der Waals surface area contributed by atoms with Crippen LogP contribution in [-0.2, 0) is 22.8 Å². The smallest absolute Gasteiger partial charge is 0.340 e. The molecule has 8 nitrogen and oxygen atoms in total. The molecular formula is C20H16F3N5O3. The summed E-state index contributed by atoms with van der Waals surface area (Å²) in [7, 11) is 1.25. The molecule has 160 valence electrons. The minimum atomic E-state index is -4.61. The second-order valence-corrected chi connectivity index (χ2v) is 7.01. The Hall–Kier alpha value is -3.89. The lowest BCUT2D eigenvalue weighted by Crippen LogP contribution is -2.43. The fourth-order valence-electron chi connectivity index (χ4n) is 3.38. The molecule has 0 unspecified atom stereocenters. The molecule has 0 bridgehead atoms. The molecule has 0 spiro atoms. The number of benzene rings is 2. The van der Waals surface area contributed by atoms with Gasteiger partial charge in [0.1, 0.15) is 6.04 Å². The van der Waals surface area contributed by atoms with E-state index >= 15 is 0 Å². The maximum atomic E-state index is 13.0. The molecule has 2 aromatic carbocycles. The molecule has 1 atom stereocenters. The summed E-state index contributed by atoms with van der Waals surface area (Å²) in [6.45, 7) is 0. The standard InChI is InChI=1S/C20H16F3N5O3/c1-28-15-7-6-10(8-13(15)27-19(28)20(21,22)23)24-16(29)9-14-18(31)25-12-5-3-2-4-11(12)17(30)26-14/h2-8,14H,9H2,1H3,(H,24,29)(H,25,31)(H,26,30)/t14-/m1/s1. The van der Waals surface area contributed by atoms with E-state index in [9.17, 15) is 27.6 Å². The lowest BCUT2D eigenvalue weighted by molar-refractivity contribution is -0.146. The predicted octanol–water partition coefficient (Wildman–Crippen LogP) is 2.67. The lowest BCUT2D eigenvalue weighted by Gasteiger charge is -2.14. The van der Waals surface area contributed by atoms with Crippen LogP contribution < -0.4 is 16.0 Å². The Kier molecular flexibility index (Phi) is 4.88. The highest BCUT2D eigenvalue weighted by molar-refractivity contribution is 6.11. The van der Waals surface area contributed by atoms with Crippen LogP contribution >= 0.6 is 0 Å². The third-order valence-corrected chi connectivity index (χ3v) is 4.86. The molecule has 1 aliphatic rings. The van der Waals surface area contributed by atoms with Gasteiger partial charge in [0.05, 0.1) is 28.7 Å². The Balaban J connectivity index is 1.49. The Morgan fingerprint density at radius 2 is 1.94 bits per heavy atom. The number of imidazole rings is 1. The minimum Gasteiger partial charge on any atom is -0.340 e. The largest absolute Gasteiger partial charge is 0.449 e. The molecule has 0 saturated heterocycles. The Bertz CT molecular complexity index is 1220. The molecule has 31 heavy (non-hydrogen) atoms. The molecule has 0 aliphatic carbocycles. The first-order valence-corrected chi connectivity index (χ1v) is 9.18. The van der Waals surface area contributed by atoms with Crippen LogP contribution in [0.15, 0.2) is 42.5 Å². The number of hydrogen-bond donors (Lipinski definition) is 3. The van der Waals surface area contributed by atoms with Gasteiger partial charge in [-0.15, -0.1) is 0 Å². The number of hydrogen-bond acceptors (Lipinski definition) is 4. The van der Waals surface area contributed by atoms with Gasteiger partial charge in [0, 0.05) is 12.7 Å². The molecule has 0 fully saturated rings. The highest BCUT2D eigenvalue weighted by atomic mass is 19.4. The second kappa shape index (κ2) is 7.42. The molecule has 2 heterocycles. The zero-order valence-corrected chi connectivity index (χ0v) is 16.1. The number of halogens is 3. The van der Waals surface area contributed by atoms with Crippen molar-refractivity contribution in [2.24, 2.45) is 7.05 Å². The molecule has 0 radical (unpaired) electrons. The van der Waals surface area contributed by atoms with Gasteiger partial charge in [-0.25, -0.2) is 4.98 Å². The summed E-state index contributed by atoms with van der Waals surface area (Å²) in [5, 5.41) is 7.63. The fourth-order valence-corrected chi connectivity index (χ4v) is 3.38. The number of nitrogens with one attached hydrogen (secondary N) is 3. The zero-order valence-electron chi connectivity index (χ0n) is 16.1. The summed E-state index contributed by atoms with van der Waals surface area (Å²) in [6.07, 6.45) is -4.97. The van der Waals surface area contributed by atoms with E-state index in [1.54, 1.807) is 24.3 Å². The maximum Gasteiger partial charge on any atom is 0.449 e. The van der Waals surface area contributed by atoms with Crippen LogP contribution in [0, 0.1) is 0 Å². The van der Waals surface area contributed by atoms with Gasteiger partial charge in [0.25, 0.3) is 5.91 Å². The van der Waals surface area contributed by atoms with Crippen LogP contribution in [0.5, 0.6) is 0 Å². The van der Waals surface area contributed by atoms with Crippen molar-refractivity contribution in [1.29, 1.82) is 0 Å². The normalized spacial score (nSPS) is 16.3. The summed E-state index contributed by atoms with van der Waals surface area (Å²) in [4.78, 5) is 40.7. The number of carbonyl (C=O) groups excluding carboxylic acids is 3. The van der Waals surface area contributed by atoms with Gasteiger partial charge in [-0.05, 0) is 30.3 Å². The van der Waals surface area contributed by atoms with E-state index in [4.69, 9.17) is 0 Å². The summed E-state index contributed by atoms with van der Waals surface area (Å²) in [5.74, 6) is -2.70. The lowest BCUT2D eigenvalue weighted by atomic mass is 10.1. The number of nitrogens with zero attached hydrogens (tertiary/aromatic N) is 2. The number of carbonyl (C=O) groups is 3. The van der Waals surface area contributed by atoms with Gasteiger partial charge >= 0.3 is 6.18 Å². The molecule has 1 aliphatic heterocycles. The molecule has 3 amide bonds. The first-order valence-electron chi connectivity index (χ1n) is 9.18. The zero-order chi connectivity index (χ0) is 22.3. The van der Waals surface area contributed by atoms with Crippen LogP contribution in [0.25, 0.3) is 11.0 Å². The highest BCUT2D eigenvalue weighted by Gasteiger charge is 2.36. The maximum absolute atomic E-state index is 13.0. The number of amides is 3. The van der Waals surface area contributed by atoms with E-state index < -0.39 is 35.8 Å². The summed E-state index contributed by atoms with van der Waals surface area (Å²) < 4.78 is 40.0. The number of fused-ring (bicyclic) bond motifs is 2. The van der Waals surface area contributed by atoms with E-state index in [1.807, 2.05) is 0 Å². The molecule has 3 N–H and O–H groups in total. The van der Waals surface area contributed by atoms with E-state index in [0.29, 0.717) is 5.69 Å². The predicted molar refractivity (Wildman–Crippen MR) is 105 cm³/mol. The van der Waals surface area contributed by atoms with E-state index in [-0.39, 0.29) is 28.7 Å². The number of alkyl halides is 3. The summed E-state index contributed by atoms with van der Waals surface area (Å²) in [6, 6.07) is 9.47. The molecule has 11 heteroatoms. The summed E-state index contributed by atoms with van der Waals surface area (Å²) >= 11 is 0. The summed E-state index contributed by atoms with van der Waals surface area (Å²) in [5.41, 5.74) is 1.14. The van der Waals surface area contributed by atoms with Crippen LogP contribution in [0.2, 0.25) is 0 Å². The third-order valence-electron chi connectivity index (χ3n) is 4.86. The van der Waals surface area contributed by atoms with E-state index in [1.165, 1.54) is 25.2 Å². The quantitative estimate of drug-likeness (QED) is 0.593. The van der Waals surface area contributed by atoms with Crippen molar-refractivity contribution >= 4 is 40.1 Å². The van der Waals surface area contributed by atoms with Gasteiger partial charge in [0.15, 0.2) is 0 Å². The SMILES string of the molecule is Cn1c(C(F)(F)F)nc2cc(NC(=O)C[C@H]3NC(=O)c4ccccc4NC3=O)ccc21. The van der Waals surface area contributed by atoms with Crippen molar-refractivity contribution in [1.82, 2.24) is 14.9 Å². The van der Waals surface area contributed by atoms with Crippen molar-refractivity contribution in [2.75, 3.05) is 10.6 Å². The van der Waals surface area contributed by atoms with Gasteiger partial charge in [-0.1, -0.05) is 12.1 Å². The van der Waals surface area contributed by atoms with Gasteiger partial charge in [-0.2, -0.15) is 13.2 Å². The van der Waals surface area contributed by atoms with Crippen LogP contribution in [0.4, 0.5) is 24.5 Å². The Morgan fingerprint density at radius 1 is 1.19 bits per heavy atom. The molecule has 1 aromatic heterocycles. The minimum absolute atomic E-state index is 0.0589. The molecule has 0 saturated carbocycles. The van der Waals surface area contributed by atoms with E-state index in [2.05, 4.69) is 20.9 Å².